The van der Waals surface area contributed by atoms with Crippen molar-refractivity contribution in [1.82, 2.24) is 15.3 Å². The van der Waals surface area contributed by atoms with Gasteiger partial charge in [-0.3, -0.25) is 0 Å². The fourth-order valence-corrected chi connectivity index (χ4v) is 2.40. The molecule has 0 aliphatic rings. The second-order valence-corrected chi connectivity index (χ2v) is 5.27. The van der Waals surface area contributed by atoms with Crippen LogP contribution in [0.25, 0.3) is 22.4 Å². The van der Waals surface area contributed by atoms with Crippen LogP contribution in [-0.2, 0) is 6.54 Å². The number of hydrogen-bond donors (Lipinski definition) is 2. The molecule has 0 spiro atoms. The number of nitrogens with one attached hydrogen (secondary N) is 2. The van der Waals surface area contributed by atoms with Gasteiger partial charge >= 0.3 is 0 Å². The van der Waals surface area contributed by atoms with E-state index in [0.717, 1.165) is 29.0 Å². The van der Waals surface area contributed by atoms with E-state index in [2.05, 4.69) is 65.5 Å². The molecular weight excluding hydrogens is 246 g/mol. The fraction of sp³-hybridized carbons (Fsp3) is 0.235. The monoisotopic (exact) mass is 265 g/mol. The molecule has 1 aromatic heterocycles. The van der Waals surface area contributed by atoms with Crippen molar-refractivity contribution in [3.63, 3.8) is 0 Å². The smallest absolute Gasteiger partial charge is 0.138 e. The first-order chi connectivity index (χ1) is 9.67. The molecule has 3 aromatic rings. The first kappa shape index (κ1) is 12.9. The van der Waals surface area contributed by atoms with Crippen molar-refractivity contribution in [2.24, 2.45) is 0 Å². The molecule has 2 N–H and O–H groups in total. The molecule has 0 amide bonds. The average Bonchev–Trinajstić information content (AvgIpc) is 2.85. The Balaban J connectivity index is 2.05. The molecule has 0 saturated carbocycles. The summed E-state index contributed by atoms with van der Waals surface area (Å²) in [4.78, 5) is 8.10. The Morgan fingerprint density at radius 2 is 1.90 bits per heavy atom. The van der Waals surface area contributed by atoms with Crippen LogP contribution in [0.3, 0.4) is 0 Å². The Bertz CT molecular complexity index is 756. The maximum atomic E-state index is 4.68. The predicted octanol–water partition coefficient (Wildman–Crippen LogP) is 3.57. The molecule has 3 nitrogen and oxygen atoms in total. The molecule has 0 saturated heterocycles. The number of imidazole rings is 1. The standard InChI is InChI=1S/C17H19N3/c1-11-4-6-14(8-12(11)2)17-19-15-7-5-13(10-18-3)9-16(15)20-17/h4-9,18H,10H2,1-3H3,(H,19,20). The van der Waals surface area contributed by atoms with Crippen LogP contribution in [0.5, 0.6) is 0 Å². The Kier molecular flexibility index (Phi) is 3.28. The highest BCUT2D eigenvalue weighted by molar-refractivity contribution is 5.80. The zero-order valence-corrected chi connectivity index (χ0v) is 12.1. The largest absolute Gasteiger partial charge is 0.338 e. The molecule has 3 heteroatoms. The number of aromatic amines is 1. The summed E-state index contributed by atoms with van der Waals surface area (Å²) in [6.07, 6.45) is 0. The molecule has 3 rings (SSSR count). The number of nitrogens with zero attached hydrogens (tertiary/aromatic N) is 1. The minimum absolute atomic E-state index is 0.869. The number of benzene rings is 2. The molecular formula is C17H19N3. The first-order valence-electron chi connectivity index (χ1n) is 6.88. The lowest BCUT2D eigenvalue weighted by molar-refractivity contribution is 0.819. The zero-order chi connectivity index (χ0) is 14.1. The summed E-state index contributed by atoms with van der Waals surface area (Å²) in [7, 11) is 1.96. The van der Waals surface area contributed by atoms with E-state index in [4.69, 9.17) is 0 Å². The number of fused-ring (bicyclic) bond motifs is 1. The Labute approximate surface area is 119 Å². The van der Waals surface area contributed by atoms with E-state index in [0.29, 0.717) is 0 Å². The molecule has 102 valence electrons. The van der Waals surface area contributed by atoms with E-state index in [1.54, 1.807) is 0 Å². The lowest BCUT2D eigenvalue weighted by Gasteiger charge is -2.02. The van der Waals surface area contributed by atoms with Gasteiger partial charge in [-0.2, -0.15) is 0 Å². The summed E-state index contributed by atoms with van der Waals surface area (Å²) in [5.74, 6) is 0.935. The van der Waals surface area contributed by atoms with Crippen LogP contribution >= 0.6 is 0 Å². The summed E-state index contributed by atoms with van der Waals surface area (Å²) in [5, 5.41) is 3.17. The topological polar surface area (TPSA) is 40.7 Å². The van der Waals surface area contributed by atoms with Crippen LogP contribution in [0.1, 0.15) is 16.7 Å². The molecule has 0 radical (unpaired) electrons. The van der Waals surface area contributed by atoms with Crippen LogP contribution in [0.4, 0.5) is 0 Å². The van der Waals surface area contributed by atoms with E-state index in [1.807, 2.05) is 7.05 Å². The summed E-state index contributed by atoms with van der Waals surface area (Å²) in [5.41, 5.74) is 7.10. The lowest BCUT2D eigenvalue weighted by atomic mass is 10.1. The summed E-state index contributed by atoms with van der Waals surface area (Å²) in [6.45, 7) is 5.13. The number of H-pyrrole nitrogens is 1. The zero-order valence-electron chi connectivity index (χ0n) is 12.1. The van der Waals surface area contributed by atoms with Gasteiger partial charge in [-0.1, -0.05) is 18.2 Å². The van der Waals surface area contributed by atoms with Crippen molar-refractivity contribution < 1.29 is 0 Å². The molecule has 0 unspecified atom stereocenters. The van der Waals surface area contributed by atoms with Gasteiger partial charge < -0.3 is 10.3 Å². The molecule has 0 aliphatic carbocycles. The van der Waals surface area contributed by atoms with Crippen molar-refractivity contribution in [2.75, 3.05) is 7.05 Å². The van der Waals surface area contributed by atoms with Crippen LogP contribution in [0.2, 0.25) is 0 Å². The van der Waals surface area contributed by atoms with Crippen LogP contribution < -0.4 is 5.32 Å². The third-order valence-corrected chi connectivity index (χ3v) is 3.71. The van der Waals surface area contributed by atoms with Gasteiger partial charge in [0, 0.05) is 12.1 Å². The highest BCUT2D eigenvalue weighted by atomic mass is 14.9. The quantitative estimate of drug-likeness (QED) is 0.760. The second-order valence-electron chi connectivity index (χ2n) is 5.27. The fourth-order valence-electron chi connectivity index (χ4n) is 2.40. The molecule has 0 atom stereocenters. The van der Waals surface area contributed by atoms with Gasteiger partial charge in [-0.25, -0.2) is 4.98 Å². The van der Waals surface area contributed by atoms with Crippen molar-refractivity contribution in [1.29, 1.82) is 0 Å². The summed E-state index contributed by atoms with van der Waals surface area (Å²) >= 11 is 0. The molecule has 0 fully saturated rings. The molecule has 0 bridgehead atoms. The van der Waals surface area contributed by atoms with Crippen molar-refractivity contribution in [3.8, 4) is 11.4 Å². The van der Waals surface area contributed by atoms with E-state index in [9.17, 15) is 0 Å². The van der Waals surface area contributed by atoms with Gasteiger partial charge in [-0.15, -0.1) is 0 Å². The average molecular weight is 265 g/mol. The third-order valence-electron chi connectivity index (χ3n) is 3.71. The van der Waals surface area contributed by atoms with E-state index in [1.165, 1.54) is 16.7 Å². The number of aryl methyl sites for hydroxylation is 2. The highest BCUT2D eigenvalue weighted by Gasteiger charge is 2.06. The van der Waals surface area contributed by atoms with Crippen LogP contribution in [-0.4, -0.2) is 17.0 Å². The molecule has 20 heavy (non-hydrogen) atoms. The van der Waals surface area contributed by atoms with Crippen LogP contribution in [0.15, 0.2) is 36.4 Å². The highest BCUT2D eigenvalue weighted by Crippen LogP contribution is 2.23. The van der Waals surface area contributed by atoms with Crippen molar-refractivity contribution in [2.45, 2.75) is 20.4 Å². The SMILES string of the molecule is CNCc1ccc2nc(-c3ccc(C)c(C)c3)[nH]c2c1. The van der Waals surface area contributed by atoms with Gasteiger partial charge in [0.1, 0.15) is 5.82 Å². The lowest BCUT2D eigenvalue weighted by Crippen LogP contribution is -2.04. The van der Waals surface area contributed by atoms with Crippen molar-refractivity contribution >= 4 is 11.0 Å². The Hall–Kier alpha value is -2.13. The molecule has 0 aliphatic heterocycles. The van der Waals surface area contributed by atoms with Gasteiger partial charge in [-0.05, 0) is 55.8 Å². The van der Waals surface area contributed by atoms with Gasteiger partial charge in [0.2, 0.25) is 0 Å². The normalized spacial score (nSPS) is 11.2. The van der Waals surface area contributed by atoms with E-state index >= 15 is 0 Å². The van der Waals surface area contributed by atoms with Crippen LogP contribution in [0, 0.1) is 13.8 Å². The minimum Gasteiger partial charge on any atom is -0.338 e. The summed E-state index contributed by atoms with van der Waals surface area (Å²) in [6, 6.07) is 12.8. The summed E-state index contributed by atoms with van der Waals surface area (Å²) < 4.78 is 0. The van der Waals surface area contributed by atoms with E-state index in [-0.39, 0.29) is 0 Å². The first-order valence-corrected chi connectivity index (χ1v) is 6.88. The Morgan fingerprint density at radius 1 is 1.05 bits per heavy atom. The number of hydrogen-bond acceptors (Lipinski definition) is 2. The maximum Gasteiger partial charge on any atom is 0.138 e. The maximum absolute atomic E-state index is 4.68. The second kappa shape index (κ2) is 5.10. The number of aromatic nitrogens is 2. The van der Waals surface area contributed by atoms with Gasteiger partial charge in [0.15, 0.2) is 0 Å². The molecule has 1 heterocycles. The van der Waals surface area contributed by atoms with Gasteiger partial charge in [0.25, 0.3) is 0 Å². The predicted molar refractivity (Wildman–Crippen MR) is 83.8 cm³/mol. The molecule has 2 aromatic carbocycles. The van der Waals surface area contributed by atoms with Gasteiger partial charge in [0.05, 0.1) is 11.0 Å². The Morgan fingerprint density at radius 3 is 2.65 bits per heavy atom. The minimum atomic E-state index is 0.869. The number of rotatable bonds is 3. The van der Waals surface area contributed by atoms with Crippen molar-refractivity contribution in [3.05, 3.63) is 53.1 Å². The van der Waals surface area contributed by atoms with E-state index < -0.39 is 0 Å². The third kappa shape index (κ3) is 2.32.